The van der Waals surface area contributed by atoms with Gasteiger partial charge in [0.15, 0.2) is 6.10 Å². The highest BCUT2D eigenvalue weighted by Crippen LogP contribution is 2.19. The number of amides is 1. The topological polar surface area (TPSA) is 101 Å². The van der Waals surface area contributed by atoms with Crippen LogP contribution in [0.2, 0.25) is 0 Å². The van der Waals surface area contributed by atoms with E-state index in [1.54, 1.807) is 14.0 Å². The zero-order valence-electron chi connectivity index (χ0n) is 8.01. The number of primary amides is 1. The molecule has 78 valence electrons. The highest BCUT2D eigenvalue weighted by Gasteiger charge is 2.26. The fourth-order valence-electron chi connectivity index (χ4n) is 1.23. The fraction of sp³-hybridized carbons (Fsp3) is 0.500. The molecular weight excluding hydrogens is 186 g/mol. The molecule has 0 spiro atoms. The quantitative estimate of drug-likeness (QED) is 0.557. The predicted molar refractivity (Wildman–Crippen MR) is 48.1 cm³/mol. The minimum atomic E-state index is -1.60. The standard InChI is InChI=1S/C8H13N3O3/c1-4-5(3-11(2)10-4)6(12)7(13)8(9)14/h3,6-7,12-13H,1-2H3,(H2,9,14). The molecule has 2 unspecified atom stereocenters. The summed E-state index contributed by atoms with van der Waals surface area (Å²) in [6.45, 7) is 1.67. The first-order chi connectivity index (χ1) is 6.43. The van der Waals surface area contributed by atoms with Crippen molar-refractivity contribution in [2.45, 2.75) is 19.1 Å². The van der Waals surface area contributed by atoms with E-state index >= 15 is 0 Å². The molecular formula is C8H13N3O3. The summed E-state index contributed by atoms with van der Waals surface area (Å²) in [7, 11) is 1.68. The molecule has 0 saturated heterocycles. The average Bonchev–Trinajstić information content (AvgIpc) is 2.42. The van der Waals surface area contributed by atoms with Gasteiger partial charge in [0.05, 0.1) is 5.69 Å². The maximum absolute atomic E-state index is 10.6. The molecule has 1 heterocycles. The van der Waals surface area contributed by atoms with Crippen LogP contribution in [0.1, 0.15) is 17.4 Å². The molecule has 4 N–H and O–H groups in total. The Kier molecular flexibility index (Phi) is 2.87. The number of aliphatic hydroxyl groups is 2. The molecule has 1 amide bonds. The van der Waals surface area contributed by atoms with E-state index < -0.39 is 18.1 Å². The monoisotopic (exact) mass is 199 g/mol. The number of carbonyl (C=O) groups is 1. The molecule has 0 aliphatic heterocycles. The lowest BCUT2D eigenvalue weighted by Crippen LogP contribution is -2.34. The summed E-state index contributed by atoms with van der Waals surface area (Å²) >= 11 is 0. The molecule has 2 atom stereocenters. The van der Waals surface area contributed by atoms with E-state index in [1.165, 1.54) is 10.9 Å². The van der Waals surface area contributed by atoms with Crippen molar-refractivity contribution < 1.29 is 15.0 Å². The van der Waals surface area contributed by atoms with Crippen LogP contribution in [0.5, 0.6) is 0 Å². The SMILES string of the molecule is Cc1nn(C)cc1C(O)C(O)C(N)=O. The second kappa shape index (κ2) is 3.77. The molecule has 0 aliphatic carbocycles. The Morgan fingerprint density at radius 1 is 1.64 bits per heavy atom. The van der Waals surface area contributed by atoms with Gasteiger partial charge in [0, 0.05) is 18.8 Å². The highest BCUT2D eigenvalue weighted by molar-refractivity contribution is 5.79. The van der Waals surface area contributed by atoms with Gasteiger partial charge in [-0.25, -0.2) is 0 Å². The first kappa shape index (κ1) is 10.7. The lowest BCUT2D eigenvalue weighted by molar-refractivity contribution is -0.132. The first-order valence-electron chi connectivity index (χ1n) is 4.09. The van der Waals surface area contributed by atoms with Crippen molar-refractivity contribution in [1.82, 2.24) is 9.78 Å². The van der Waals surface area contributed by atoms with Crippen LogP contribution in [0.4, 0.5) is 0 Å². The van der Waals surface area contributed by atoms with E-state index in [1.807, 2.05) is 0 Å². The number of aryl methyl sites for hydroxylation is 2. The zero-order chi connectivity index (χ0) is 10.9. The van der Waals surface area contributed by atoms with Gasteiger partial charge in [0.2, 0.25) is 5.91 Å². The molecule has 0 bridgehead atoms. The minimum Gasteiger partial charge on any atom is -0.385 e. The van der Waals surface area contributed by atoms with Crippen LogP contribution in [-0.2, 0) is 11.8 Å². The second-order valence-electron chi connectivity index (χ2n) is 3.14. The molecule has 0 radical (unpaired) electrons. The van der Waals surface area contributed by atoms with E-state index in [4.69, 9.17) is 5.73 Å². The smallest absolute Gasteiger partial charge is 0.249 e. The average molecular weight is 199 g/mol. The lowest BCUT2D eigenvalue weighted by atomic mass is 10.1. The van der Waals surface area contributed by atoms with E-state index in [9.17, 15) is 15.0 Å². The van der Waals surface area contributed by atoms with Gasteiger partial charge in [-0.15, -0.1) is 0 Å². The van der Waals surface area contributed by atoms with Crippen LogP contribution in [0, 0.1) is 6.92 Å². The molecule has 1 rings (SSSR count). The zero-order valence-corrected chi connectivity index (χ0v) is 8.01. The van der Waals surface area contributed by atoms with Gasteiger partial charge in [-0.3, -0.25) is 9.48 Å². The summed E-state index contributed by atoms with van der Waals surface area (Å²) in [5, 5.41) is 22.7. The van der Waals surface area contributed by atoms with Gasteiger partial charge in [-0.2, -0.15) is 5.10 Å². The van der Waals surface area contributed by atoms with E-state index in [0.717, 1.165) is 0 Å². The summed E-state index contributed by atoms with van der Waals surface area (Å²) in [6, 6.07) is 0. The van der Waals surface area contributed by atoms with Crippen molar-refractivity contribution in [2.24, 2.45) is 12.8 Å². The molecule has 6 heteroatoms. The number of hydrogen-bond donors (Lipinski definition) is 3. The van der Waals surface area contributed by atoms with Gasteiger partial charge in [-0.1, -0.05) is 0 Å². The third kappa shape index (κ3) is 1.91. The minimum absolute atomic E-state index is 0.402. The van der Waals surface area contributed by atoms with Crippen molar-refractivity contribution >= 4 is 5.91 Å². The van der Waals surface area contributed by atoms with E-state index in [0.29, 0.717) is 11.3 Å². The van der Waals surface area contributed by atoms with Gasteiger partial charge >= 0.3 is 0 Å². The summed E-state index contributed by atoms with van der Waals surface area (Å²) < 4.78 is 1.49. The molecule has 0 aliphatic rings. The van der Waals surface area contributed by atoms with Crippen molar-refractivity contribution in [3.05, 3.63) is 17.5 Å². The Morgan fingerprint density at radius 3 is 2.57 bits per heavy atom. The lowest BCUT2D eigenvalue weighted by Gasteiger charge is -2.13. The van der Waals surface area contributed by atoms with Crippen molar-refractivity contribution in [1.29, 1.82) is 0 Å². The third-order valence-corrected chi connectivity index (χ3v) is 1.96. The second-order valence-corrected chi connectivity index (χ2v) is 3.14. The number of nitrogens with zero attached hydrogens (tertiary/aromatic N) is 2. The number of nitrogens with two attached hydrogens (primary N) is 1. The molecule has 6 nitrogen and oxygen atoms in total. The number of rotatable bonds is 3. The first-order valence-corrected chi connectivity index (χ1v) is 4.09. The van der Waals surface area contributed by atoms with Crippen LogP contribution < -0.4 is 5.73 Å². The van der Waals surface area contributed by atoms with Gasteiger partial charge in [-0.05, 0) is 6.92 Å². The molecule has 14 heavy (non-hydrogen) atoms. The molecule has 1 aromatic rings. The predicted octanol–water partition coefficient (Wildman–Crippen LogP) is -1.39. The Balaban J connectivity index is 2.94. The number of aliphatic hydroxyl groups excluding tert-OH is 2. The van der Waals surface area contributed by atoms with Crippen molar-refractivity contribution in [3.63, 3.8) is 0 Å². The van der Waals surface area contributed by atoms with E-state index in [-0.39, 0.29) is 0 Å². The van der Waals surface area contributed by atoms with Crippen LogP contribution in [0.15, 0.2) is 6.20 Å². The van der Waals surface area contributed by atoms with Gasteiger partial charge < -0.3 is 15.9 Å². The summed E-state index contributed by atoms with van der Waals surface area (Å²) in [5.41, 5.74) is 5.81. The van der Waals surface area contributed by atoms with E-state index in [2.05, 4.69) is 5.10 Å². The Morgan fingerprint density at radius 2 is 2.21 bits per heavy atom. The summed E-state index contributed by atoms with van der Waals surface area (Å²) in [4.78, 5) is 10.6. The summed E-state index contributed by atoms with van der Waals surface area (Å²) in [6.07, 6.45) is -1.38. The molecule has 1 aromatic heterocycles. The molecule has 0 aromatic carbocycles. The van der Waals surface area contributed by atoms with Gasteiger partial charge in [0.25, 0.3) is 0 Å². The fourth-order valence-corrected chi connectivity index (χ4v) is 1.23. The van der Waals surface area contributed by atoms with Crippen LogP contribution in [0.3, 0.4) is 0 Å². The Hall–Kier alpha value is -1.40. The van der Waals surface area contributed by atoms with Crippen LogP contribution >= 0.6 is 0 Å². The normalized spacial score (nSPS) is 15.1. The molecule has 0 saturated carbocycles. The maximum atomic E-state index is 10.6. The molecule has 0 fully saturated rings. The number of carbonyl (C=O) groups excluding carboxylic acids is 1. The van der Waals surface area contributed by atoms with Gasteiger partial charge in [0.1, 0.15) is 6.10 Å². The Labute approximate surface area is 81.0 Å². The number of hydrogen-bond acceptors (Lipinski definition) is 4. The van der Waals surface area contributed by atoms with Crippen molar-refractivity contribution in [2.75, 3.05) is 0 Å². The highest BCUT2D eigenvalue weighted by atomic mass is 16.3. The van der Waals surface area contributed by atoms with Crippen LogP contribution in [0.25, 0.3) is 0 Å². The van der Waals surface area contributed by atoms with Crippen molar-refractivity contribution in [3.8, 4) is 0 Å². The maximum Gasteiger partial charge on any atom is 0.249 e. The third-order valence-electron chi connectivity index (χ3n) is 1.96. The number of aromatic nitrogens is 2. The summed E-state index contributed by atoms with van der Waals surface area (Å²) in [5.74, 6) is -0.958. The van der Waals surface area contributed by atoms with Crippen LogP contribution in [-0.4, -0.2) is 32.0 Å². The Bertz CT molecular complexity index is 348. The largest absolute Gasteiger partial charge is 0.385 e.